The molecule has 1 heterocycles. The number of nitro benzene ring substituents is 1. The largest absolute Gasteiger partial charge is 0.297 e. The second-order valence-corrected chi connectivity index (χ2v) is 3.07. The molecule has 17 heavy (non-hydrogen) atoms. The molecular weight excluding hydrogens is 231 g/mol. The van der Waals surface area contributed by atoms with E-state index in [1.165, 1.54) is 6.07 Å². The van der Waals surface area contributed by atoms with Crippen LogP contribution >= 0.6 is 0 Å². The topological polar surface area (TPSA) is 90.9 Å². The van der Waals surface area contributed by atoms with E-state index in [9.17, 15) is 19.3 Å². The number of carbonyl (C=O) groups excluding carboxylic acids is 1. The number of halogens is 1. The average Bonchev–Trinajstić information content (AvgIpc) is 2.76. The van der Waals surface area contributed by atoms with Gasteiger partial charge in [0.25, 0.3) is 5.69 Å². The Hall–Kier alpha value is -2.64. The van der Waals surface area contributed by atoms with Crippen molar-refractivity contribution in [1.29, 1.82) is 0 Å². The molecule has 7 nitrogen and oxygen atoms in total. The van der Waals surface area contributed by atoms with E-state index in [-0.39, 0.29) is 11.4 Å². The zero-order valence-corrected chi connectivity index (χ0v) is 8.28. The molecular formula is C9H5FN4O3. The summed E-state index contributed by atoms with van der Waals surface area (Å²) in [5.41, 5.74) is -0.840. The molecule has 0 aliphatic heterocycles. The van der Waals surface area contributed by atoms with E-state index in [2.05, 4.69) is 10.3 Å². The lowest BCUT2D eigenvalue weighted by Crippen LogP contribution is -2.03. The summed E-state index contributed by atoms with van der Waals surface area (Å²) in [7, 11) is 0. The summed E-state index contributed by atoms with van der Waals surface area (Å²) >= 11 is 0. The van der Waals surface area contributed by atoms with Crippen molar-refractivity contribution in [1.82, 2.24) is 15.0 Å². The van der Waals surface area contributed by atoms with Gasteiger partial charge in [0.15, 0.2) is 17.8 Å². The molecule has 1 aromatic heterocycles. The fourth-order valence-electron chi connectivity index (χ4n) is 1.32. The number of benzene rings is 1. The molecule has 0 unspecified atom stereocenters. The third-order valence-corrected chi connectivity index (χ3v) is 2.02. The Morgan fingerprint density at radius 3 is 2.82 bits per heavy atom. The maximum absolute atomic E-state index is 13.5. The number of rotatable bonds is 3. The first-order chi connectivity index (χ1) is 8.13. The monoisotopic (exact) mass is 236 g/mol. The zero-order valence-electron chi connectivity index (χ0n) is 8.28. The van der Waals surface area contributed by atoms with Gasteiger partial charge in [-0.2, -0.15) is 0 Å². The molecule has 0 bridgehead atoms. The van der Waals surface area contributed by atoms with Gasteiger partial charge in [-0.1, -0.05) is 11.3 Å². The van der Waals surface area contributed by atoms with Gasteiger partial charge in [-0.05, 0) is 6.07 Å². The maximum Gasteiger partial charge on any atom is 0.297 e. The first kappa shape index (κ1) is 10.9. The molecule has 0 amide bonds. The van der Waals surface area contributed by atoms with Crippen molar-refractivity contribution >= 4 is 12.0 Å². The molecule has 0 aliphatic rings. The van der Waals surface area contributed by atoms with Crippen LogP contribution in [0, 0.1) is 15.9 Å². The first-order valence-electron chi connectivity index (χ1n) is 4.44. The molecule has 1 aromatic carbocycles. The van der Waals surface area contributed by atoms with Crippen molar-refractivity contribution in [2.75, 3.05) is 0 Å². The second-order valence-electron chi connectivity index (χ2n) is 3.07. The maximum atomic E-state index is 13.5. The van der Waals surface area contributed by atoms with E-state index in [0.29, 0.717) is 6.29 Å². The van der Waals surface area contributed by atoms with Gasteiger partial charge in [0.05, 0.1) is 11.1 Å². The number of aromatic nitrogens is 3. The predicted molar refractivity (Wildman–Crippen MR) is 53.4 cm³/mol. The lowest BCUT2D eigenvalue weighted by Gasteiger charge is -2.02. The molecule has 0 spiro atoms. The minimum atomic E-state index is -0.818. The van der Waals surface area contributed by atoms with Gasteiger partial charge in [0.2, 0.25) is 0 Å². The van der Waals surface area contributed by atoms with Gasteiger partial charge >= 0.3 is 0 Å². The molecule has 0 aliphatic carbocycles. The molecule has 0 atom stereocenters. The third-order valence-electron chi connectivity index (χ3n) is 2.02. The molecule has 8 heteroatoms. The molecule has 0 saturated carbocycles. The molecule has 0 N–H and O–H groups in total. The summed E-state index contributed by atoms with van der Waals surface area (Å²) < 4.78 is 14.4. The Labute approximate surface area is 93.6 Å². The van der Waals surface area contributed by atoms with Crippen LogP contribution in [-0.2, 0) is 0 Å². The summed E-state index contributed by atoms with van der Waals surface area (Å²) in [6.07, 6.45) is 1.52. The Morgan fingerprint density at radius 1 is 1.47 bits per heavy atom. The van der Waals surface area contributed by atoms with Gasteiger partial charge < -0.3 is 0 Å². The number of aldehydes is 1. The predicted octanol–water partition coefficient (Wildman–Crippen LogP) is 1.13. The van der Waals surface area contributed by atoms with E-state index in [1.807, 2.05) is 0 Å². The number of carbonyl (C=O) groups is 1. The minimum absolute atomic E-state index is 0.0393. The van der Waals surface area contributed by atoms with Crippen LogP contribution < -0.4 is 0 Å². The van der Waals surface area contributed by atoms with Gasteiger partial charge in [-0.15, -0.1) is 5.10 Å². The minimum Gasteiger partial charge on any atom is -0.296 e. The fraction of sp³-hybridized carbons (Fsp3) is 0. The van der Waals surface area contributed by atoms with E-state index >= 15 is 0 Å². The summed E-state index contributed by atoms with van der Waals surface area (Å²) in [6.45, 7) is 0. The number of nitro groups is 1. The molecule has 86 valence electrons. The van der Waals surface area contributed by atoms with Crippen LogP contribution in [0.4, 0.5) is 10.1 Å². The van der Waals surface area contributed by atoms with Crippen LogP contribution in [0.2, 0.25) is 0 Å². The van der Waals surface area contributed by atoms with Crippen LogP contribution in [0.1, 0.15) is 10.5 Å². The van der Waals surface area contributed by atoms with E-state index < -0.39 is 16.4 Å². The van der Waals surface area contributed by atoms with Crippen molar-refractivity contribution in [3.63, 3.8) is 0 Å². The van der Waals surface area contributed by atoms with Crippen LogP contribution in [0.15, 0.2) is 24.4 Å². The second kappa shape index (κ2) is 4.08. The molecule has 2 rings (SSSR count). The van der Waals surface area contributed by atoms with E-state index in [1.54, 1.807) is 0 Å². The molecule has 0 fully saturated rings. The molecule has 2 aromatic rings. The average molecular weight is 236 g/mol. The number of nitrogens with zero attached hydrogens (tertiary/aromatic N) is 4. The van der Waals surface area contributed by atoms with Crippen LogP contribution in [-0.4, -0.2) is 26.2 Å². The Morgan fingerprint density at radius 2 is 2.24 bits per heavy atom. The van der Waals surface area contributed by atoms with Gasteiger partial charge in [-0.3, -0.25) is 14.9 Å². The van der Waals surface area contributed by atoms with Crippen LogP contribution in [0.5, 0.6) is 0 Å². The first-order valence-corrected chi connectivity index (χ1v) is 4.44. The van der Waals surface area contributed by atoms with Gasteiger partial charge in [0.1, 0.15) is 5.69 Å². The molecule has 0 radical (unpaired) electrons. The summed E-state index contributed by atoms with van der Waals surface area (Å²) in [5.74, 6) is -0.818. The van der Waals surface area contributed by atoms with Crippen molar-refractivity contribution in [3.05, 3.63) is 46.0 Å². The summed E-state index contributed by atoms with van der Waals surface area (Å²) in [6, 6.07) is 3.42. The Balaban J connectivity index is 2.64. The summed E-state index contributed by atoms with van der Waals surface area (Å²) in [5, 5.41) is 17.6. The normalized spacial score (nSPS) is 10.2. The highest BCUT2D eigenvalue weighted by molar-refractivity contribution is 5.71. The van der Waals surface area contributed by atoms with Crippen molar-refractivity contribution in [3.8, 4) is 5.69 Å². The van der Waals surface area contributed by atoms with Crippen LogP contribution in [0.25, 0.3) is 5.69 Å². The smallest absolute Gasteiger partial charge is 0.296 e. The standard InChI is InChI=1S/C9H5FN4O3/c10-7-2-1-3-8(14(16)17)9(7)13-4-6(5-15)11-12-13/h1-5H. The summed E-state index contributed by atoms with van der Waals surface area (Å²) in [4.78, 5) is 20.4. The van der Waals surface area contributed by atoms with E-state index in [4.69, 9.17) is 0 Å². The van der Waals surface area contributed by atoms with Crippen LogP contribution in [0.3, 0.4) is 0 Å². The Bertz CT molecular complexity index is 596. The quantitative estimate of drug-likeness (QED) is 0.452. The van der Waals surface area contributed by atoms with E-state index in [0.717, 1.165) is 23.0 Å². The highest BCUT2D eigenvalue weighted by Gasteiger charge is 2.20. The number of hydrogen-bond acceptors (Lipinski definition) is 5. The van der Waals surface area contributed by atoms with Gasteiger partial charge in [-0.25, -0.2) is 9.07 Å². The lowest BCUT2D eigenvalue weighted by atomic mass is 10.2. The lowest BCUT2D eigenvalue weighted by molar-refractivity contribution is -0.384. The SMILES string of the molecule is O=Cc1cn(-c2c(F)cccc2[N+](=O)[O-])nn1. The number of para-hydroxylation sites is 1. The van der Waals surface area contributed by atoms with Crippen molar-refractivity contribution in [2.45, 2.75) is 0 Å². The van der Waals surface area contributed by atoms with Crippen molar-refractivity contribution in [2.24, 2.45) is 0 Å². The fourth-order valence-corrected chi connectivity index (χ4v) is 1.32. The van der Waals surface area contributed by atoms with Gasteiger partial charge in [0, 0.05) is 6.07 Å². The zero-order chi connectivity index (χ0) is 12.4. The number of hydrogen-bond donors (Lipinski definition) is 0. The third kappa shape index (κ3) is 1.87. The Kier molecular flexibility index (Phi) is 2.61. The highest BCUT2D eigenvalue weighted by atomic mass is 19.1. The molecule has 0 saturated heterocycles. The van der Waals surface area contributed by atoms with Crippen molar-refractivity contribution < 1.29 is 14.1 Å². The highest BCUT2D eigenvalue weighted by Crippen LogP contribution is 2.24.